The number of carbonyl (C=O) groups is 2. The summed E-state index contributed by atoms with van der Waals surface area (Å²) >= 11 is 5.78. The van der Waals surface area contributed by atoms with Gasteiger partial charge in [-0.15, -0.1) is 0 Å². The van der Waals surface area contributed by atoms with Crippen LogP contribution in [0.3, 0.4) is 0 Å². The molecule has 2 aliphatic heterocycles. The molecule has 3 heterocycles. The highest BCUT2D eigenvalue weighted by Crippen LogP contribution is 2.20. The molecule has 1 aromatic rings. The Balaban J connectivity index is 1.48. The molecule has 0 aliphatic carbocycles. The van der Waals surface area contributed by atoms with E-state index in [0.29, 0.717) is 56.5 Å². The number of morpholine rings is 1. The molecule has 0 saturated carbocycles. The molecule has 3 rings (SSSR count). The molecule has 24 heavy (non-hydrogen) atoms. The predicted octanol–water partition coefficient (Wildman–Crippen LogP) is 0.900. The van der Waals surface area contributed by atoms with Gasteiger partial charge in [-0.25, -0.2) is 4.98 Å². The van der Waals surface area contributed by atoms with Gasteiger partial charge in [-0.3, -0.25) is 9.59 Å². The second kappa shape index (κ2) is 7.92. The Morgan fingerprint density at radius 2 is 2.12 bits per heavy atom. The first-order chi connectivity index (χ1) is 11.6. The van der Waals surface area contributed by atoms with Gasteiger partial charge >= 0.3 is 0 Å². The first-order valence-corrected chi connectivity index (χ1v) is 8.53. The van der Waals surface area contributed by atoms with Crippen molar-refractivity contribution in [2.45, 2.75) is 18.9 Å². The number of aromatic nitrogens is 1. The maximum Gasteiger partial charge on any atom is 0.242 e. The van der Waals surface area contributed by atoms with Gasteiger partial charge in [0.1, 0.15) is 11.9 Å². The first kappa shape index (κ1) is 17.1. The fraction of sp³-hybridized carbons (Fsp3) is 0.562. The SMILES string of the molecule is O=C(Nc1ccc(Cl)cn1)C1CCN(C(=O)C2COCCN2)CC1. The number of anilines is 1. The van der Waals surface area contributed by atoms with Gasteiger partial charge in [0.2, 0.25) is 11.8 Å². The van der Waals surface area contributed by atoms with E-state index >= 15 is 0 Å². The molecule has 0 radical (unpaired) electrons. The third kappa shape index (κ3) is 4.23. The summed E-state index contributed by atoms with van der Waals surface area (Å²) in [5.41, 5.74) is 0. The van der Waals surface area contributed by atoms with E-state index in [4.69, 9.17) is 16.3 Å². The van der Waals surface area contributed by atoms with Crippen molar-refractivity contribution < 1.29 is 14.3 Å². The zero-order valence-electron chi connectivity index (χ0n) is 13.3. The summed E-state index contributed by atoms with van der Waals surface area (Å²) in [7, 11) is 0. The van der Waals surface area contributed by atoms with E-state index in [9.17, 15) is 9.59 Å². The van der Waals surface area contributed by atoms with E-state index in [1.54, 1.807) is 12.1 Å². The van der Waals surface area contributed by atoms with Gasteiger partial charge in [0.15, 0.2) is 0 Å². The molecule has 2 aliphatic rings. The van der Waals surface area contributed by atoms with E-state index < -0.39 is 0 Å². The summed E-state index contributed by atoms with van der Waals surface area (Å²) in [6.07, 6.45) is 2.80. The lowest BCUT2D eigenvalue weighted by atomic mass is 9.95. The summed E-state index contributed by atoms with van der Waals surface area (Å²) in [6, 6.07) is 3.10. The predicted molar refractivity (Wildman–Crippen MR) is 89.8 cm³/mol. The molecule has 7 nitrogen and oxygen atoms in total. The third-order valence-electron chi connectivity index (χ3n) is 4.38. The van der Waals surface area contributed by atoms with Gasteiger partial charge < -0.3 is 20.3 Å². The Labute approximate surface area is 145 Å². The monoisotopic (exact) mass is 352 g/mol. The Bertz CT molecular complexity index is 581. The number of piperidine rings is 1. The molecule has 2 fully saturated rings. The van der Waals surface area contributed by atoms with Gasteiger partial charge in [-0.05, 0) is 25.0 Å². The van der Waals surface area contributed by atoms with Crippen LogP contribution in [0, 0.1) is 5.92 Å². The Kier molecular flexibility index (Phi) is 5.65. The number of ether oxygens (including phenoxy) is 1. The topological polar surface area (TPSA) is 83.6 Å². The lowest BCUT2D eigenvalue weighted by molar-refractivity contribution is -0.139. The average molecular weight is 353 g/mol. The number of hydrogen-bond donors (Lipinski definition) is 2. The lowest BCUT2D eigenvalue weighted by Crippen LogP contribution is -2.54. The van der Waals surface area contributed by atoms with Crippen LogP contribution in [0.5, 0.6) is 0 Å². The molecule has 2 N–H and O–H groups in total. The van der Waals surface area contributed by atoms with E-state index in [2.05, 4.69) is 15.6 Å². The van der Waals surface area contributed by atoms with Crippen LogP contribution >= 0.6 is 11.6 Å². The molecular weight excluding hydrogens is 332 g/mol. The van der Waals surface area contributed by atoms with Crippen molar-refractivity contribution in [2.75, 3.05) is 38.2 Å². The quantitative estimate of drug-likeness (QED) is 0.844. The second-order valence-electron chi connectivity index (χ2n) is 6.03. The number of nitrogens with one attached hydrogen (secondary N) is 2. The Morgan fingerprint density at radius 1 is 1.33 bits per heavy atom. The van der Waals surface area contributed by atoms with E-state index in [1.807, 2.05) is 4.90 Å². The lowest BCUT2D eigenvalue weighted by Gasteiger charge is -2.34. The highest BCUT2D eigenvalue weighted by molar-refractivity contribution is 6.30. The molecule has 1 unspecified atom stereocenters. The number of likely N-dealkylation sites (tertiary alicyclic amines) is 1. The molecule has 130 valence electrons. The smallest absolute Gasteiger partial charge is 0.242 e. The number of pyridine rings is 1. The fourth-order valence-electron chi connectivity index (χ4n) is 2.98. The van der Waals surface area contributed by atoms with E-state index in [0.717, 1.165) is 0 Å². The summed E-state index contributed by atoms with van der Waals surface area (Å²) in [5.74, 6) is 0.387. The van der Waals surface area contributed by atoms with E-state index in [1.165, 1.54) is 6.20 Å². The molecule has 2 saturated heterocycles. The van der Waals surface area contributed by atoms with Gasteiger partial charge in [0, 0.05) is 31.7 Å². The molecule has 0 aromatic carbocycles. The van der Waals surface area contributed by atoms with Crippen molar-refractivity contribution in [3.63, 3.8) is 0 Å². The molecular formula is C16H21ClN4O3. The Morgan fingerprint density at radius 3 is 2.75 bits per heavy atom. The highest BCUT2D eigenvalue weighted by atomic mass is 35.5. The van der Waals surface area contributed by atoms with Crippen molar-refractivity contribution in [2.24, 2.45) is 5.92 Å². The largest absolute Gasteiger partial charge is 0.378 e. The minimum absolute atomic E-state index is 0.0592. The van der Waals surface area contributed by atoms with Crippen LogP contribution in [0.4, 0.5) is 5.82 Å². The third-order valence-corrected chi connectivity index (χ3v) is 4.60. The summed E-state index contributed by atoms with van der Waals surface area (Å²) in [4.78, 5) is 30.6. The number of carbonyl (C=O) groups excluding carboxylic acids is 2. The van der Waals surface area contributed by atoms with Crippen LogP contribution in [-0.2, 0) is 14.3 Å². The van der Waals surface area contributed by atoms with Gasteiger partial charge in [-0.1, -0.05) is 11.6 Å². The zero-order valence-corrected chi connectivity index (χ0v) is 14.1. The highest BCUT2D eigenvalue weighted by Gasteiger charge is 2.31. The van der Waals surface area contributed by atoms with Crippen LogP contribution in [-0.4, -0.2) is 60.6 Å². The summed E-state index contributed by atoms with van der Waals surface area (Å²) < 4.78 is 5.34. The Hall–Kier alpha value is -1.70. The van der Waals surface area contributed by atoms with Gasteiger partial charge in [-0.2, -0.15) is 0 Å². The normalized spacial score (nSPS) is 22.2. The van der Waals surface area contributed by atoms with Crippen molar-refractivity contribution in [3.8, 4) is 0 Å². The standard InChI is InChI=1S/C16H21ClN4O3/c17-12-1-2-14(19-9-12)20-15(22)11-3-6-21(7-4-11)16(23)13-10-24-8-5-18-13/h1-2,9,11,13,18H,3-8,10H2,(H,19,20,22). The maximum atomic E-state index is 12.4. The first-order valence-electron chi connectivity index (χ1n) is 8.16. The second-order valence-corrected chi connectivity index (χ2v) is 6.47. The van der Waals surface area contributed by atoms with E-state index in [-0.39, 0.29) is 23.8 Å². The van der Waals surface area contributed by atoms with Crippen LogP contribution in [0.1, 0.15) is 12.8 Å². The molecule has 2 amide bonds. The number of nitrogens with zero attached hydrogens (tertiary/aromatic N) is 2. The zero-order chi connectivity index (χ0) is 16.9. The van der Waals surface area contributed by atoms with Crippen molar-refractivity contribution >= 4 is 29.2 Å². The van der Waals surface area contributed by atoms with Gasteiger partial charge in [0.05, 0.1) is 18.2 Å². The number of hydrogen-bond acceptors (Lipinski definition) is 5. The van der Waals surface area contributed by atoms with Crippen molar-refractivity contribution in [1.29, 1.82) is 0 Å². The van der Waals surface area contributed by atoms with Crippen LogP contribution in [0.25, 0.3) is 0 Å². The molecule has 1 aromatic heterocycles. The molecule has 1 atom stereocenters. The molecule has 0 spiro atoms. The van der Waals surface area contributed by atoms with Crippen molar-refractivity contribution in [1.82, 2.24) is 15.2 Å². The van der Waals surface area contributed by atoms with Crippen LogP contribution in [0.2, 0.25) is 5.02 Å². The number of amides is 2. The number of rotatable bonds is 3. The van der Waals surface area contributed by atoms with Crippen LogP contribution in [0.15, 0.2) is 18.3 Å². The average Bonchev–Trinajstić information content (AvgIpc) is 2.64. The molecule has 0 bridgehead atoms. The maximum absolute atomic E-state index is 12.4. The molecule has 8 heteroatoms. The van der Waals surface area contributed by atoms with Crippen LogP contribution < -0.4 is 10.6 Å². The van der Waals surface area contributed by atoms with Crippen molar-refractivity contribution in [3.05, 3.63) is 23.4 Å². The minimum atomic E-state index is -0.262. The number of halogens is 1. The summed E-state index contributed by atoms with van der Waals surface area (Å²) in [6.45, 7) is 2.93. The fourth-order valence-corrected chi connectivity index (χ4v) is 3.10. The minimum Gasteiger partial charge on any atom is -0.378 e. The summed E-state index contributed by atoms with van der Waals surface area (Å²) in [5, 5.41) is 6.50. The van der Waals surface area contributed by atoms with Gasteiger partial charge in [0.25, 0.3) is 0 Å².